The molecule has 0 fully saturated rings. The Labute approximate surface area is 283 Å². The first-order valence-electron chi connectivity index (χ1n) is 16.3. The maximum absolute atomic E-state index is 12.0. The van der Waals surface area contributed by atoms with Crippen molar-refractivity contribution in [2.24, 2.45) is 10.2 Å². The van der Waals surface area contributed by atoms with E-state index in [0.29, 0.717) is 38.2 Å². The fourth-order valence-electron chi connectivity index (χ4n) is 4.81. The normalized spacial score (nSPS) is 10.7. The van der Waals surface area contributed by atoms with Gasteiger partial charge < -0.3 is 16.0 Å². The third kappa shape index (κ3) is 13.2. The minimum absolute atomic E-state index is 0.154. The monoisotopic (exact) mass is 663 g/mol. The van der Waals surface area contributed by atoms with Crippen molar-refractivity contribution in [3.8, 4) is 12.1 Å². The molecule has 0 aliphatic carbocycles. The van der Waals surface area contributed by atoms with Crippen molar-refractivity contribution < 1.29 is 4.79 Å². The van der Waals surface area contributed by atoms with Crippen LogP contribution >= 0.6 is 23.1 Å². The molecular weight excluding hydrogens is 615 g/mol. The van der Waals surface area contributed by atoms with E-state index in [-0.39, 0.29) is 5.91 Å². The topological polar surface area (TPSA) is 156 Å². The van der Waals surface area contributed by atoms with E-state index in [4.69, 9.17) is 11.0 Å². The number of carbonyl (C=O) groups is 1. The predicted molar refractivity (Wildman–Crippen MR) is 191 cm³/mol. The number of nitrogens with zero attached hydrogens (tertiary/aromatic N) is 7. The number of rotatable bonds is 18. The Hall–Kier alpha value is -3.87. The number of hydrogen-bond acceptors (Lipinski definition) is 11. The standard InChI is InChI=1S/C29H44N6OS.C5H5N3S/c1-5-7-9-11-13-15-19-35(20-16-14-12-10-8-6-2)25-17-18-27(28(21-25)31-24(4)36)32-33-29-26(22-30)23(3)34-37-29;1-3-4(2-6)5(7)9-8-3/h17-18,21H,5-16,19-20H2,1-4H3,(H,31,36);7H2,1H3. The highest BCUT2D eigenvalue weighted by molar-refractivity contribution is 7.10. The summed E-state index contributed by atoms with van der Waals surface area (Å²) in [5.41, 5.74) is 10.00. The summed E-state index contributed by atoms with van der Waals surface area (Å²) in [4.78, 5) is 14.4. The van der Waals surface area contributed by atoms with Gasteiger partial charge in [0.25, 0.3) is 0 Å². The van der Waals surface area contributed by atoms with E-state index in [1.165, 1.54) is 71.1 Å². The summed E-state index contributed by atoms with van der Waals surface area (Å²) < 4.78 is 8.08. The summed E-state index contributed by atoms with van der Waals surface area (Å²) in [7, 11) is 0. The van der Waals surface area contributed by atoms with Gasteiger partial charge in [-0.05, 0) is 68.0 Å². The van der Waals surface area contributed by atoms with Crippen molar-refractivity contribution in [2.45, 2.75) is 112 Å². The Balaban J connectivity index is 0.000000700. The summed E-state index contributed by atoms with van der Waals surface area (Å²) in [6, 6.07) is 10.1. The number of benzene rings is 1. The lowest BCUT2D eigenvalue weighted by molar-refractivity contribution is -0.114. The highest BCUT2D eigenvalue weighted by atomic mass is 32.1. The van der Waals surface area contributed by atoms with E-state index in [2.05, 4.69) is 55.2 Å². The Morgan fingerprint density at radius 1 is 0.848 bits per heavy atom. The third-order valence-electron chi connectivity index (χ3n) is 7.43. The van der Waals surface area contributed by atoms with E-state index in [0.717, 1.165) is 60.4 Å². The molecule has 10 nitrogen and oxygen atoms in total. The number of unbranched alkanes of at least 4 members (excludes halogenated alkanes) is 10. The zero-order valence-electron chi connectivity index (χ0n) is 28.1. The van der Waals surface area contributed by atoms with E-state index in [1.807, 2.05) is 18.2 Å². The van der Waals surface area contributed by atoms with E-state index in [9.17, 15) is 10.1 Å². The van der Waals surface area contributed by atoms with Crippen LogP contribution in [0.5, 0.6) is 0 Å². The second-order valence-electron chi connectivity index (χ2n) is 11.3. The van der Waals surface area contributed by atoms with Gasteiger partial charge >= 0.3 is 0 Å². The molecule has 1 amide bonds. The first-order chi connectivity index (χ1) is 22.2. The molecule has 0 aliphatic heterocycles. The molecule has 0 unspecified atom stereocenters. The molecule has 3 rings (SSSR count). The fourth-order valence-corrected chi connectivity index (χ4v) is 6.10. The van der Waals surface area contributed by atoms with Crippen LogP contribution in [0.3, 0.4) is 0 Å². The van der Waals surface area contributed by atoms with Gasteiger partial charge in [0.2, 0.25) is 5.91 Å². The van der Waals surface area contributed by atoms with Crippen molar-refractivity contribution >= 4 is 56.0 Å². The Kier molecular flexibility index (Phi) is 18.2. The van der Waals surface area contributed by atoms with Crippen LogP contribution in [0.4, 0.5) is 27.1 Å². The van der Waals surface area contributed by atoms with Crippen LogP contribution in [0, 0.1) is 36.5 Å². The molecule has 46 heavy (non-hydrogen) atoms. The third-order valence-corrected chi connectivity index (χ3v) is 9.01. The number of azo groups is 1. The van der Waals surface area contributed by atoms with Crippen molar-refractivity contribution in [1.29, 1.82) is 10.5 Å². The summed E-state index contributed by atoms with van der Waals surface area (Å²) >= 11 is 2.31. The molecule has 1 aromatic carbocycles. The molecule has 2 aromatic heterocycles. The van der Waals surface area contributed by atoms with Crippen LogP contribution in [0.1, 0.15) is 120 Å². The van der Waals surface area contributed by atoms with Gasteiger partial charge in [-0.15, -0.1) is 10.2 Å². The van der Waals surface area contributed by atoms with Gasteiger partial charge in [-0.2, -0.15) is 19.3 Å². The smallest absolute Gasteiger partial charge is 0.221 e. The van der Waals surface area contributed by atoms with Crippen LogP contribution in [0.15, 0.2) is 28.4 Å². The van der Waals surface area contributed by atoms with Gasteiger partial charge in [-0.1, -0.05) is 78.1 Å². The molecule has 0 spiro atoms. The first-order valence-corrected chi connectivity index (χ1v) is 17.9. The molecule has 248 valence electrons. The number of aromatic nitrogens is 2. The minimum Gasteiger partial charge on any atom is -0.388 e. The van der Waals surface area contributed by atoms with Gasteiger partial charge in [0, 0.05) is 25.7 Å². The molecule has 0 radical (unpaired) electrons. The van der Waals surface area contributed by atoms with Gasteiger partial charge in [0.05, 0.1) is 17.1 Å². The molecule has 0 atom stereocenters. The van der Waals surface area contributed by atoms with Crippen molar-refractivity contribution in [1.82, 2.24) is 8.75 Å². The lowest BCUT2D eigenvalue weighted by atomic mass is 10.1. The number of hydrogen-bond donors (Lipinski definition) is 2. The number of aryl methyl sites for hydroxylation is 2. The number of carbonyl (C=O) groups excluding carboxylic acids is 1. The first kappa shape index (κ1) is 38.3. The van der Waals surface area contributed by atoms with E-state index in [1.54, 1.807) is 13.8 Å². The number of nitrogen functional groups attached to an aromatic ring is 1. The van der Waals surface area contributed by atoms with Gasteiger partial charge in [0.1, 0.15) is 34.0 Å². The number of nitrogens with one attached hydrogen (secondary N) is 1. The minimum atomic E-state index is -0.154. The largest absolute Gasteiger partial charge is 0.388 e. The predicted octanol–water partition coefficient (Wildman–Crippen LogP) is 10.1. The van der Waals surface area contributed by atoms with Crippen LogP contribution in [-0.2, 0) is 4.79 Å². The van der Waals surface area contributed by atoms with E-state index >= 15 is 0 Å². The van der Waals surface area contributed by atoms with Crippen LogP contribution in [0.2, 0.25) is 0 Å². The van der Waals surface area contributed by atoms with Crippen LogP contribution in [-0.4, -0.2) is 27.7 Å². The summed E-state index contributed by atoms with van der Waals surface area (Å²) in [6.07, 6.45) is 15.2. The number of nitrogens with two attached hydrogens (primary N) is 1. The lowest BCUT2D eigenvalue weighted by Gasteiger charge is -2.26. The Morgan fingerprint density at radius 2 is 1.39 bits per heavy atom. The summed E-state index contributed by atoms with van der Waals surface area (Å²) in [5, 5.41) is 30.4. The zero-order chi connectivity index (χ0) is 33.7. The van der Waals surface area contributed by atoms with Crippen LogP contribution < -0.4 is 16.0 Å². The molecular formula is C34H49N9OS2. The molecule has 2 heterocycles. The highest BCUT2D eigenvalue weighted by Gasteiger charge is 2.13. The van der Waals surface area contributed by atoms with Crippen molar-refractivity contribution in [2.75, 3.05) is 29.0 Å². The summed E-state index contributed by atoms with van der Waals surface area (Å²) in [6.45, 7) is 11.6. The van der Waals surface area contributed by atoms with E-state index < -0.39 is 0 Å². The zero-order valence-corrected chi connectivity index (χ0v) is 29.7. The highest BCUT2D eigenvalue weighted by Crippen LogP contribution is 2.34. The molecule has 3 aromatic rings. The fraction of sp³-hybridized carbons (Fsp3) is 0.559. The number of anilines is 3. The molecule has 0 bridgehead atoms. The number of nitriles is 2. The Morgan fingerprint density at radius 3 is 1.89 bits per heavy atom. The molecule has 12 heteroatoms. The average molecular weight is 664 g/mol. The van der Waals surface area contributed by atoms with Gasteiger partial charge in [-0.25, -0.2) is 0 Å². The number of amides is 1. The Bertz CT molecular complexity index is 1430. The van der Waals surface area contributed by atoms with Crippen molar-refractivity contribution in [3.63, 3.8) is 0 Å². The second-order valence-corrected chi connectivity index (χ2v) is 12.8. The molecule has 0 saturated carbocycles. The molecule has 3 N–H and O–H groups in total. The second kappa shape index (κ2) is 21.8. The summed E-state index contributed by atoms with van der Waals surface area (Å²) in [5.74, 6) is -0.154. The maximum atomic E-state index is 12.0. The SMILES string of the molecule is CCCCCCCCN(CCCCCCCC)c1ccc(N=Nc2snc(C)c2C#N)c(NC(C)=O)c1.Cc1nsc(N)c1C#N. The average Bonchev–Trinajstić information content (AvgIpc) is 3.57. The van der Waals surface area contributed by atoms with Gasteiger partial charge in [-0.3, -0.25) is 4.79 Å². The van der Waals surface area contributed by atoms with Gasteiger partial charge in [0.15, 0.2) is 5.00 Å². The molecule has 0 aliphatic rings. The molecule has 0 saturated heterocycles. The van der Waals surface area contributed by atoms with Crippen LogP contribution in [0.25, 0.3) is 0 Å². The lowest BCUT2D eigenvalue weighted by Crippen LogP contribution is -2.26. The quantitative estimate of drug-likeness (QED) is 0.101. The maximum Gasteiger partial charge on any atom is 0.221 e. The van der Waals surface area contributed by atoms with Crippen molar-refractivity contribution in [3.05, 3.63) is 40.7 Å².